The second kappa shape index (κ2) is 9.16. The average molecular weight is 399 g/mol. The van der Waals surface area contributed by atoms with E-state index in [1.807, 2.05) is 0 Å². The van der Waals surface area contributed by atoms with E-state index in [4.69, 9.17) is 9.47 Å². The van der Waals surface area contributed by atoms with Crippen LogP contribution in [-0.2, 0) is 29.1 Å². The summed E-state index contributed by atoms with van der Waals surface area (Å²) in [5.41, 5.74) is 0.787. The summed E-state index contributed by atoms with van der Waals surface area (Å²) in [7, 11) is -3.70. The Morgan fingerprint density at radius 3 is 2.52 bits per heavy atom. The van der Waals surface area contributed by atoms with E-state index in [1.54, 1.807) is 25.1 Å². The van der Waals surface area contributed by atoms with Gasteiger partial charge in [-0.15, -0.1) is 0 Å². The summed E-state index contributed by atoms with van der Waals surface area (Å²) in [5, 5.41) is 5.24. The van der Waals surface area contributed by atoms with E-state index in [0.29, 0.717) is 37.6 Å². The number of hydrogen-bond donors (Lipinski definition) is 3. The second-order valence-electron chi connectivity index (χ2n) is 6.36. The van der Waals surface area contributed by atoms with Gasteiger partial charge in [0.25, 0.3) is 0 Å². The number of rotatable bonds is 9. The van der Waals surface area contributed by atoms with Gasteiger partial charge in [0, 0.05) is 32.0 Å². The summed E-state index contributed by atoms with van der Waals surface area (Å²) in [6.07, 6.45) is 0.318. The SMILES string of the molecule is CC(=O)Nc1cccc(NS(=O)(=O)CCC(=O)NCCC2(C)OCCO2)c1. The molecular weight excluding hydrogens is 374 g/mol. The lowest BCUT2D eigenvalue weighted by Crippen LogP contribution is -2.34. The molecule has 27 heavy (non-hydrogen) atoms. The van der Waals surface area contributed by atoms with Crippen LogP contribution < -0.4 is 15.4 Å². The van der Waals surface area contributed by atoms with Crippen LogP contribution in [0.15, 0.2) is 24.3 Å². The van der Waals surface area contributed by atoms with Gasteiger partial charge in [-0.05, 0) is 25.1 Å². The minimum atomic E-state index is -3.70. The summed E-state index contributed by atoms with van der Waals surface area (Å²) in [6.45, 7) is 4.55. The minimum Gasteiger partial charge on any atom is -0.356 e. The first-order valence-corrected chi connectivity index (χ1v) is 10.3. The van der Waals surface area contributed by atoms with Crippen LogP contribution in [0.1, 0.15) is 26.7 Å². The molecule has 1 aliphatic rings. The van der Waals surface area contributed by atoms with Crippen molar-refractivity contribution in [3.63, 3.8) is 0 Å². The molecule has 0 aliphatic carbocycles. The molecule has 2 rings (SSSR count). The molecular formula is C17H25N3O6S. The van der Waals surface area contributed by atoms with E-state index in [9.17, 15) is 18.0 Å². The number of benzene rings is 1. The van der Waals surface area contributed by atoms with Crippen LogP contribution >= 0.6 is 0 Å². The maximum Gasteiger partial charge on any atom is 0.233 e. The molecule has 1 aliphatic heterocycles. The number of anilines is 2. The largest absolute Gasteiger partial charge is 0.356 e. The fourth-order valence-electron chi connectivity index (χ4n) is 2.54. The molecule has 1 heterocycles. The minimum absolute atomic E-state index is 0.168. The van der Waals surface area contributed by atoms with E-state index in [0.717, 1.165) is 0 Å². The number of carbonyl (C=O) groups is 2. The molecule has 1 aromatic carbocycles. The van der Waals surface area contributed by atoms with E-state index in [1.165, 1.54) is 13.0 Å². The third-order valence-corrected chi connectivity index (χ3v) is 5.14. The number of ether oxygens (including phenoxy) is 2. The standard InChI is InChI=1S/C17H25N3O6S/c1-13(21)19-14-4-3-5-15(12-14)20-27(23,24)11-6-16(22)18-8-7-17(2)25-9-10-26-17/h3-5,12,20H,6-11H2,1-2H3,(H,18,22)(H,19,21). The van der Waals surface area contributed by atoms with Crippen molar-refractivity contribution < 1.29 is 27.5 Å². The molecule has 0 spiro atoms. The highest BCUT2D eigenvalue weighted by Crippen LogP contribution is 2.21. The molecule has 0 aromatic heterocycles. The Kier molecular flexibility index (Phi) is 7.17. The van der Waals surface area contributed by atoms with Crippen LogP contribution in [0.3, 0.4) is 0 Å². The molecule has 0 unspecified atom stereocenters. The smallest absolute Gasteiger partial charge is 0.233 e. The van der Waals surface area contributed by atoms with Crippen molar-refractivity contribution in [1.82, 2.24) is 5.32 Å². The summed E-state index contributed by atoms with van der Waals surface area (Å²) in [4.78, 5) is 22.9. The molecule has 0 bridgehead atoms. The monoisotopic (exact) mass is 399 g/mol. The average Bonchev–Trinajstić information content (AvgIpc) is 2.99. The first-order valence-electron chi connectivity index (χ1n) is 8.60. The Bertz CT molecular complexity index is 775. The van der Waals surface area contributed by atoms with Crippen LogP contribution in [0.25, 0.3) is 0 Å². The van der Waals surface area contributed by atoms with Gasteiger partial charge in [0.2, 0.25) is 21.8 Å². The first-order chi connectivity index (χ1) is 12.7. The molecule has 10 heteroatoms. The fourth-order valence-corrected chi connectivity index (χ4v) is 3.58. The molecule has 9 nitrogen and oxygen atoms in total. The quantitative estimate of drug-likeness (QED) is 0.570. The van der Waals surface area contributed by atoms with Gasteiger partial charge in [0.1, 0.15) is 0 Å². The molecule has 0 atom stereocenters. The number of nitrogens with one attached hydrogen (secondary N) is 3. The Hall–Kier alpha value is -2.17. The zero-order valence-corrected chi connectivity index (χ0v) is 16.2. The van der Waals surface area contributed by atoms with Gasteiger partial charge in [-0.25, -0.2) is 8.42 Å². The molecule has 1 fully saturated rings. The van der Waals surface area contributed by atoms with Crippen LogP contribution in [-0.4, -0.2) is 51.5 Å². The van der Waals surface area contributed by atoms with E-state index >= 15 is 0 Å². The predicted octanol–water partition coefficient (Wildman–Crippen LogP) is 1.05. The van der Waals surface area contributed by atoms with Gasteiger partial charge in [0.05, 0.1) is 24.7 Å². The zero-order chi connectivity index (χ0) is 19.9. The Labute approximate surface area is 158 Å². The predicted molar refractivity (Wildman–Crippen MR) is 101 cm³/mol. The lowest BCUT2D eigenvalue weighted by Gasteiger charge is -2.22. The summed E-state index contributed by atoms with van der Waals surface area (Å²) >= 11 is 0. The number of hydrogen-bond acceptors (Lipinski definition) is 6. The Morgan fingerprint density at radius 1 is 1.19 bits per heavy atom. The molecule has 1 aromatic rings. The lowest BCUT2D eigenvalue weighted by molar-refractivity contribution is -0.146. The molecule has 0 saturated carbocycles. The Balaban J connectivity index is 1.77. The summed E-state index contributed by atoms with van der Waals surface area (Å²) in [5.74, 6) is -1.67. The van der Waals surface area contributed by atoms with Crippen LogP contribution in [0, 0.1) is 0 Å². The fraction of sp³-hybridized carbons (Fsp3) is 0.529. The van der Waals surface area contributed by atoms with Gasteiger partial charge < -0.3 is 20.1 Å². The van der Waals surface area contributed by atoms with Gasteiger partial charge in [0.15, 0.2) is 5.79 Å². The molecule has 0 radical (unpaired) electrons. The van der Waals surface area contributed by atoms with Gasteiger partial charge >= 0.3 is 0 Å². The third kappa shape index (κ3) is 7.53. The van der Waals surface area contributed by atoms with Crippen molar-refractivity contribution in [2.45, 2.75) is 32.5 Å². The normalized spacial score (nSPS) is 15.9. The topological polar surface area (TPSA) is 123 Å². The summed E-state index contributed by atoms with van der Waals surface area (Å²) in [6, 6.07) is 6.32. The number of sulfonamides is 1. The van der Waals surface area contributed by atoms with Crippen molar-refractivity contribution in [2.75, 3.05) is 35.6 Å². The summed E-state index contributed by atoms with van der Waals surface area (Å²) < 4.78 is 37.6. The number of amides is 2. The van der Waals surface area contributed by atoms with Gasteiger partial charge in [-0.3, -0.25) is 14.3 Å². The van der Waals surface area contributed by atoms with Gasteiger partial charge in [-0.2, -0.15) is 0 Å². The Morgan fingerprint density at radius 2 is 1.85 bits per heavy atom. The second-order valence-corrected chi connectivity index (χ2v) is 8.21. The third-order valence-electron chi connectivity index (χ3n) is 3.85. The highest BCUT2D eigenvalue weighted by atomic mass is 32.2. The van der Waals surface area contributed by atoms with Crippen molar-refractivity contribution in [1.29, 1.82) is 0 Å². The van der Waals surface area contributed by atoms with Crippen LogP contribution in [0.4, 0.5) is 11.4 Å². The maximum absolute atomic E-state index is 12.2. The van der Waals surface area contributed by atoms with E-state index < -0.39 is 15.8 Å². The van der Waals surface area contributed by atoms with Crippen LogP contribution in [0.5, 0.6) is 0 Å². The molecule has 150 valence electrons. The highest BCUT2D eigenvalue weighted by Gasteiger charge is 2.30. The first kappa shape index (κ1) is 21.1. The van der Waals surface area contributed by atoms with Gasteiger partial charge in [-0.1, -0.05) is 6.07 Å². The van der Waals surface area contributed by atoms with E-state index in [-0.39, 0.29) is 24.0 Å². The van der Waals surface area contributed by atoms with Crippen molar-refractivity contribution in [3.05, 3.63) is 24.3 Å². The number of carbonyl (C=O) groups excluding carboxylic acids is 2. The van der Waals surface area contributed by atoms with E-state index in [2.05, 4.69) is 15.4 Å². The van der Waals surface area contributed by atoms with Crippen molar-refractivity contribution in [2.24, 2.45) is 0 Å². The van der Waals surface area contributed by atoms with Crippen LogP contribution in [0.2, 0.25) is 0 Å². The zero-order valence-electron chi connectivity index (χ0n) is 15.4. The highest BCUT2D eigenvalue weighted by molar-refractivity contribution is 7.92. The molecule has 3 N–H and O–H groups in total. The molecule has 2 amide bonds. The van der Waals surface area contributed by atoms with Crippen molar-refractivity contribution >= 4 is 33.2 Å². The molecule has 1 saturated heterocycles. The maximum atomic E-state index is 12.2. The van der Waals surface area contributed by atoms with Crippen molar-refractivity contribution in [3.8, 4) is 0 Å². The lowest BCUT2D eigenvalue weighted by atomic mass is 10.2.